The summed E-state index contributed by atoms with van der Waals surface area (Å²) in [5.74, 6) is 2.96. The van der Waals surface area contributed by atoms with Crippen LogP contribution in [0.1, 0.15) is 57.8 Å². The molecule has 2 nitrogen and oxygen atoms in total. The molecule has 0 saturated heterocycles. The second-order valence-electron chi connectivity index (χ2n) is 6.75. The first kappa shape index (κ1) is 12.0. The van der Waals surface area contributed by atoms with Gasteiger partial charge in [0.15, 0.2) is 0 Å². The Balaban J connectivity index is 1.61. The molecule has 2 bridgehead atoms. The molecule has 3 fully saturated rings. The summed E-state index contributed by atoms with van der Waals surface area (Å²) >= 11 is 0. The summed E-state index contributed by atoms with van der Waals surface area (Å²) in [6.45, 7) is 0. The minimum absolute atomic E-state index is 0.0296. The minimum Gasteiger partial charge on any atom is -0.377 e. The van der Waals surface area contributed by atoms with Crippen molar-refractivity contribution in [2.24, 2.45) is 23.5 Å². The fourth-order valence-electron chi connectivity index (χ4n) is 4.91. The Kier molecular flexibility index (Phi) is 3.20. The van der Waals surface area contributed by atoms with Gasteiger partial charge in [0.25, 0.3) is 0 Å². The molecule has 0 spiro atoms. The van der Waals surface area contributed by atoms with Crippen LogP contribution in [-0.4, -0.2) is 18.8 Å². The SMILES string of the molecule is COC1(C(N)CC2CC3CCC2C3)CCCC1. The lowest BCUT2D eigenvalue weighted by molar-refractivity contribution is -0.0328. The lowest BCUT2D eigenvalue weighted by Crippen LogP contribution is -2.48. The summed E-state index contributed by atoms with van der Waals surface area (Å²) < 4.78 is 5.83. The smallest absolute Gasteiger partial charge is 0.0828 e. The molecule has 0 aromatic heterocycles. The molecule has 0 aromatic rings. The topological polar surface area (TPSA) is 35.2 Å². The first-order valence-electron chi connectivity index (χ1n) is 7.54. The summed E-state index contributed by atoms with van der Waals surface area (Å²) in [5, 5.41) is 0. The molecule has 3 aliphatic carbocycles. The Morgan fingerprint density at radius 3 is 2.53 bits per heavy atom. The van der Waals surface area contributed by atoms with Crippen molar-refractivity contribution in [2.45, 2.75) is 69.4 Å². The summed E-state index contributed by atoms with van der Waals surface area (Å²) in [5.41, 5.74) is 6.54. The van der Waals surface area contributed by atoms with Gasteiger partial charge in [-0.05, 0) is 56.3 Å². The third-order valence-electron chi connectivity index (χ3n) is 5.97. The molecule has 4 unspecified atom stereocenters. The van der Waals surface area contributed by atoms with Crippen LogP contribution in [-0.2, 0) is 4.74 Å². The maximum Gasteiger partial charge on any atom is 0.0828 e. The average molecular weight is 237 g/mol. The zero-order chi connectivity index (χ0) is 11.9. The van der Waals surface area contributed by atoms with Crippen molar-refractivity contribution in [3.8, 4) is 0 Å². The Morgan fingerprint density at radius 1 is 1.24 bits per heavy atom. The van der Waals surface area contributed by atoms with Gasteiger partial charge in [0.05, 0.1) is 5.60 Å². The molecular weight excluding hydrogens is 210 g/mol. The van der Waals surface area contributed by atoms with Crippen molar-refractivity contribution < 1.29 is 4.74 Å². The van der Waals surface area contributed by atoms with Crippen LogP contribution >= 0.6 is 0 Å². The van der Waals surface area contributed by atoms with E-state index in [0.29, 0.717) is 0 Å². The highest BCUT2D eigenvalue weighted by Crippen LogP contribution is 2.51. The van der Waals surface area contributed by atoms with Gasteiger partial charge in [0.1, 0.15) is 0 Å². The molecular formula is C15H27NO. The summed E-state index contributed by atoms with van der Waals surface area (Å²) in [6, 6.07) is 0.277. The maximum absolute atomic E-state index is 6.51. The van der Waals surface area contributed by atoms with E-state index in [-0.39, 0.29) is 11.6 Å². The molecule has 2 heteroatoms. The summed E-state index contributed by atoms with van der Waals surface area (Å²) in [6.07, 6.45) is 12.1. The maximum atomic E-state index is 6.51. The lowest BCUT2D eigenvalue weighted by atomic mass is 9.79. The van der Waals surface area contributed by atoms with Crippen LogP contribution in [0.25, 0.3) is 0 Å². The van der Waals surface area contributed by atoms with Gasteiger partial charge in [-0.3, -0.25) is 0 Å². The molecule has 0 aromatic carbocycles. The largest absolute Gasteiger partial charge is 0.377 e. The minimum atomic E-state index is 0.0296. The Morgan fingerprint density at radius 2 is 2.00 bits per heavy atom. The number of nitrogens with two attached hydrogens (primary N) is 1. The van der Waals surface area contributed by atoms with Crippen molar-refractivity contribution in [2.75, 3.05) is 7.11 Å². The zero-order valence-corrected chi connectivity index (χ0v) is 11.2. The fourth-order valence-corrected chi connectivity index (χ4v) is 4.91. The van der Waals surface area contributed by atoms with Crippen LogP contribution in [0.3, 0.4) is 0 Å². The molecule has 2 N–H and O–H groups in total. The van der Waals surface area contributed by atoms with Gasteiger partial charge >= 0.3 is 0 Å². The quantitative estimate of drug-likeness (QED) is 0.815. The van der Waals surface area contributed by atoms with Crippen LogP contribution < -0.4 is 5.73 Å². The first-order valence-corrected chi connectivity index (χ1v) is 7.54. The van der Waals surface area contributed by atoms with Crippen LogP contribution in [0.5, 0.6) is 0 Å². The number of hydrogen-bond donors (Lipinski definition) is 1. The van der Waals surface area contributed by atoms with E-state index in [2.05, 4.69) is 0 Å². The predicted molar refractivity (Wildman–Crippen MR) is 69.7 cm³/mol. The predicted octanol–water partition coefficient (Wildman–Crippen LogP) is 3.10. The van der Waals surface area contributed by atoms with Crippen molar-refractivity contribution in [1.29, 1.82) is 0 Å². The van der Waals surface area contributed by atoms with Crippen LogP contribution in [0, 0.1) is 17.8 Å². The molecule has 0 amide bonds. The van der Waals surface area contributed by atoms with Gasteiger partial charge in [-0.1, -0.05) is 19.3 Å². The van der Waals surface area contributed by atoms with Gasteiger partial charge in [-0.25, -0.2) is 0 Å². The lowest BCUT2D eigenvalue weighted by Gasteiger charge is -2.36. The van der Waals surface area contributed by atoms with E-state index < -0.39 is 0 Å². The standard InChI is InChI=1S/C15H27NO/c1-17-15(6-2-3-7-15)14(16)10-13-9-11-4-5-12(13)8-11/h11-14H,2-10,16H2,1H3. The molecule has 3 rings (SSSR count). The van der Waals surface area contributed by atoms with Crippen molar-refractivity contribution in [3.63, 3.8) is 0 Å². The molecule has 3 aliphatic rings. The number of methoxy groups -OCH3 is 1. The summed E-state index contributed by atoms with van der Waals surface area (Å²) in [7, 11) is 1.87. The fraction of sp³-hybridized carbons (Fsp3) is 1.00. The van der Waals surface area contributed by atoms with Gasteiger partial charge < -0.3 is 10.5 Å². The Labute approximate surface area is 105 Å². The van der Waals surface area contributed by atoms with Crippen molar-refractivity contribution in [3.05, 3.63) is 0 Å². The third-order valence-corrected chi connectivity index (χ3v) is 5.97. The molecule has 98 valence electrons. The number of fused-ring (bicyclic) bond motifs is 2. The Bertz CT molecular complexity index is 272. The van der Waals surface area contributed by atoms with Gasteiger partial charge in [-0.15, -0.1) is 0 Å². The van der Waals surface area contributed by atoms with Gasteiger partial charge in [0, 0.05) is 13.2 Å². The highest BCUT2D eigenvalue weighted by molar-refractivity contribution is 4.99. The summed E-state index contributed by atoms with van der Waals surface area (Å²) in [4.78, 5) is 0. The van der Waals surface area contributed by atoms with E-state index in [1.165, 1.54) is 57.8 Å². The first-order chi connectivity index (χ1) is 8.23. The van der Waals surface area contributed by atoms with Gasteiger partial charge in [0.2, 0.25) is 0 Å². The van der Waals surface area contributed by atoms with E-state index in [9.17, 15) is 0 Å². The monoisotopic (exact) mass is 237 g/mol. The highest BCUT2D eigenvalue weighted by Gasteiger charge is 2.45. The number of hydrogen-bond acceptors (Lipinski definition) is 2. The molecule has 0 heterocycles. The number of rotatable bonds is 4. The Hall–Kier alpha value is -0.0800. The van der Waals surface area contributed by atoms with Gasteiger partial charge in [-0.2, -0.15) is 0 Å². The van der Waals surface area contributed by atoms with E-state index in [1.807, 2.05) is 7.11 Å². The van der Waals surface area contributed by atoms with Crippen molar-refractivity contribution >= 4 is 0 Å². The average Bonchev–Trinajstić information content (AvgIpc) is 3.05. The molecule has 0 aliphatic heterocycles. The molecule has 17 heavy (non-hydrogen) atoms. The normalized spacial score (nSPS) is 40.9. The van der Waals surface area contributed by atoms with E-state index in [0.717, 1.165) is 17.8 Å². The van der Waals surface area contributed by atoms with Crippen LogP contribution in [0.4, 0.5) is 0 Å². The molecule has 3 saturated carbocycles. The highest BCUT2D eigenvalue weighted by atomic mass is 16.5. The molecule has 4 atom stereocenters. The van der Waals surface area contributed by atoms with Crippen molar-refractivity contribution in [1.82, 2.24) is 0 Å². The zero-order valence-electron chi connectivity index (χ0n) is 11.2. The van der Waals surface area contributed by atoms with Crippen LogP contribution in [0.2, 0.25) is 0 Å². The third kappa shape index (κ3) is 2.04. The second kappa shape index (κ2) is 4.55. The van der Waals surface area contributed by atoms with Crippen LogP contribution in [0.15, 0.2) is 0 Å². The number of ether oxygens (including phenoxy) is 1. The second-order valence-corrected chi connectivity index (χ2v) is 6.75. The van der Waals surface area contributed by atoms with E-state index in [4.69, 9.17) is 10.5 Å². The van der Waals surface area contributed by atoms with E-state index in [1.54, 1.807) is 0 Å². The molecule has 0 radical (unpaired) electrons. The van der Waals surface area contributed by atoms with E-state index >= 15 is 0 Å².